The van der Waals surface area contributed by atoms with E-state index < -0.39 is 0 Å². The van der Waals surface area contributed by atoms with Gasteiger partial charge in [0.05, 0.1) is 6.10 Å². The largest absolute Gasteiger partial charge is 0.389 e. The van der Waals surface area contributed by atoms with Crippen LogP contribution in [0.15, 0.2) is 23.8 Å². The summed E-state index contributed by atoms with van der Waals surface area (Å²) in [5, 5.41) is 9.25. The highest BCUT2D eigenvalue weighted by Gasteiger charge is 2.24. The zero-order chi connectivity index (χ0) is 6.97. The molecule has 0 aromatic rings. The van der Waals surface area contributed by atoms with Gasteiger partial charge in [-0.1, -0.05) is 18.2 Å². The summed E-state index contributed by atoms with van der Waals surface area (Å²) < 4.78 is 0. The molecule has 0 saturated carbocycles. The van der Waals surface area contributed by atoms with Crippen LogP contribution in [-0.2, 0) is 0 Å². The highest BCUT2D eigenvalue weighted by molar-refractivity contribution is 5.30. The Bertz CT molecular complexity index is 191. The van der Waals surface area contributed by atoms with Crippen LogP contribution in [0, 0.1) is 5.92 Å². The van der Waals surface area contributed by atoms with E-state index in [1.165, 1.54) is 18.4 Å². The maximum Gasteiger partial charge on any atom is 0.0732 e. The second kappa shape index (κ2) is 2.24. The fourth-order valence-electron chi connectivity index (χ4n) is 1.85. The fourth-order valence-corrected chi connectivity index (χ4v) is 1.85. The molecular weight excluding hydrogens is 124 g/mol. The average Bonchev–Trinajstić information content (AvgIpc) is 2.27. The minimum Gasteiger partial charge on any atom is -0.389 e. The lowest BCUT2D eigenvalue weighted by atomic mass is 9.91. The average molecular weight is 136 g/mol. The van der Waals surface area contributed by atoms with Crippen LogP contribution in [0.3, 0.4) is 0 Å². The van der Waals surface area contributed by atoms with Gasteiger partial charge in [0, 0.05) is 0 Å². The van der Waals surface area contributed by atoms with Gasteiger partial charge in [-0.3, -0.25) is 0 Å². The quantitative estimate of drug-likeness (QED) is 0.536. The van der Waals surface area contributed by atoms with Crippen LogP contribution in [0.5, 0.6) is 0 Å². The molecule has 0 bridgehead atoms. The molecule has 2 atom stereocenters. The Morgan fingerprint density at radius 1 is 1.50 bits per heavy atom. The molecule has 0 saturated heterocycles. The summed E-state index contributed by atoms with van der Waals surface area (Å²) in [6, 6.07) is 0. The monoisotopic (exact) mass is 136 g/mol. The molecule has 0 fully saturated rings. The predicted molar refractivity (Wildman–Crippen MR) is 40.6 cm³/mol. The Hall–Kier alpha value is -0.560. The first-order valence-corrected chi connectivity index (χ1v) is 3.92. The molecule has 0 aromatic heterocycles. The predicted octanol–water partition coefficient (Wildman–Crippen LogP) is 1.64. The van der Waals surface area contributed by atoms with Gasteiger partial charge in [-0.2, -0.15) is 0 Å². The normalized spacial score (nSPS) is 37.5. The van der Waals surface area contributed by atoms with Crippen molar-refractivity contribution in [1.29, 1.82) is 0 Å². The topological polar surface area (TPSA) is 20.2 Å². The minimum absolute atomic E-state index is 0.164. The molecule has 0 unspecified atom stereocenters. The maximum atomic E-state index is 9.25. The summed E-state index contributed by atoms with van der Waals surface area (Å²) >= 11 is 0. The first-order chi connectivity index (χ1) is 4.86. The summed E-state index contributed by atoms with van der Waals surface area (Å²) in [5.41, 5.74) is 1.36. The molecule has 0 amide bonds. The van der Waals surface area contributed by atoms with E-state index in [2.05, 4.69) is 12.2 Å². The molecule has 0 heterocycles. The van der Waals surface area contributed by atoms with Crippen molar-refractivity contribution < 1.29 is 5.11 Å². The van der Waals surface area contributed by atoms with Crippen molar-refractivity contribution >= 4 is 0 Å². The summed E-state index contributed by atoms with van der Waals surface area (Å²) in [4.78, 5) is 0. The van der Waals surface area contributed by atoms with E-state index in [0.717, 1.165) is 6.42 Å². The summed E-state index contributed by atoms with van der Waals surface area (Å²) in [6.45, 7) is 0. The standard InChI is InChI=1S/C9H12O/c10-9-5-7-3-1-2-4-8(7)6-9/h1,3,5,8-10H,2,4,6H2/t8-,9+/m0/s1. The Morgan fingerprint density at radius 3 is 3.20 bits per heavy atom. The van der Waals surface area contributed by atoms with Crippen molar-refractivity contribution in [3.63, 3.8) is 0 Å². The maximum absolute atomic E-state index is 9.25. The van der Waals surface area contributed by atoms with Crippen molar-refractivity contribution in [2.45, 2.75) is 25.4 Å². The van der Waals surface area contributed by atoms with Crippen LogP contribution in [0.1, 0.15) is 19.3 Å². The van der Waals surface area contributed by atoms with Gasteiger partial charge in [0.15, 0.2) is 0 Å². The molecule has 2 rings (SSSR count). The number of hydrogen-bond donors (Lipinski definition) is 1. The minimum atomic E-state index is -0.164. The van der Waals surface area contributed by atoms with Gasteiger partial charge >= 0.3 is 0 Å². The van der Waals surface area contributed by atoms with E-state index in [1.807, 2.05) is 6.08 Å². The number of aliphatic hydroxyl groups excluding tert-OH is 1. The molecular formula is C9H12O. The van der Waals surface area contributed by atoms with Gasteiger partial charge in [-0.05, 0) is 30.8 Å². The third kappa shape index (κ3) is 0.907. The van der Waals surface area contributed by atoms with E-state index in [4.69, 9.17) is 0 Å². The molecule has 1 heteroatoms. The Kier molecular flexibility index (Phi) is 1.38. The first-order valence-electron chi connectivity index (χ1n) is 3.92. The fraction of sp³-hybridized carbons (Fsp3) is 0.556. The van der Waals surface area contributed by atoms with E-state index in [0.29, 0.717) is 5.92 Å². The van der Waals surface area contributed by atoms with E-state index in [1.54, 1.807) is 0 Å². The number of rotatable bonds is 0. The Labute approximate surface area is 61.1 Å². The molecule has 0 radical (unpaired) electrons. The zero-order valence-corrected chi connectivity index (χ0v) is 5.96. The highest BCUT2D eigenvalue weighted by Crippen LogP contribution is 2.33. The lowest BCUT2D eigenvalue weighted by Gasteiger charge is -2.14. The Morgan fingerprint density at radius 2 is 2.40 bits per heavy atom. The molecule has 0 spiro atoms. The van der Waals surface area contributed by atoms with Gasteiger partial charge in [-0.15, -0.1) is 0 Å². The molecule has 2 aliphatic carbocycles. The van der Waals surface area contributed by atoms with Gasteiger partial charge in [0.2, 0.25) is 0 Å². The molecule has 0 aromatic carbocycles. The van der Waals surface area contributed by atoms with Crippen LogP contribution in [-0.4, -0.2) is 11.2 Å². The molecule has 1 nitrogen and oxygen atoms in total. The molecule has 1 N–H and O–H groups in total. The van der Waals surface area contributed by atoms with Crippen molar-refractivity contribution in [2.24, 2.45) is 5.92 Å². The number of allylic oxidation sites excluding steroid dienone is 3. The van der Waals surface area contributed by atoms with E-state index in [-0.39, 0.29) is 6.10 Å². The lowest BCUT2D eigenvalue weighted by molar-refractivity contribution is 0.208. The second-order valence-electron chi connectivity index (χ2n) is 3.15. The van der Waals surface area contributed by atoms with Crippen LogP contribution in [0.2, 0.25) is 0 Å². The number of aliphatic hydroxyl groups is 1. The van der Waals surface area contributed by atoms with E-state index in [9.17, 15) is 5.11 Å². The van der Waals surface area contributed by atoms with Gasteiger partial charge in [-0.25, -0.2) is 0 Å². The Balaban J connectivity index is 2.22. The van der Waals surface area contributed by atoms with E-state index >= 15 is 0 Å². The van der Waals surface area contributed by atoms with Gasteiger partial charge < -0.3 is 5.11 Å². The van der Waals surface area contributed by atoms with Crippen LogP contribution in [0.25, 0.3) is 0 Å². The van der Waals surface area contributed by atoms with Crippen LogP contribution < -0.4 is 0 Å². The van der Waals surface area contributed by atoms with Crippen LogP contribution in [0.4, 0.5) is 0 Å². The molecule has 0 aliphatic heterocycles. The van der Waals surface area contributed by atoms with Crippen molar-refractivity contribution in [3.8, 4) is 0 Å². The number of hydrogen-bond acceptors (Lipinski definition) is 1. The third-order valence-electron chi connectivity index (χ3n) is 2.37. The number of fused-ring (bicyclic) bond motifs is 1. The molecule has 2 aliphatic rings. The highest BCUT2D eigenvalue weighted by atomic mass is 16.3. The summed E-state index contributed by atoms with van der Waals surface area (Å²) in [5.74, 6) is 0.667. The smallest absolute Gasteiger partial charge is 0.0732 e. The summed E-state index contributed by atoms with van der Waals surface area (Å²) in [6.07, 6.45) is 9.56. The van der Waals surface area contributed by atoms with Gasteiger partial charge in [0.1, 0.15) is 0 Å². The second-order valence-corrected chi connectivity index (χ2v) is 3.15. The summed E-state index contributed by atoms with van der Waals surface area (Å²) in [7, 11) is 0. The molecule has 54 valence electrons. The van der Waals surface area contributed by atoms with Crippen molar-refractivity contribution in [1.82, 2.24) is 0 Å². The third-order valence-corrected chi connectivity index (χ3v) is 2.37. The lowest BCUT2D eigenvalue weighted by Crippen LogP contribution is -2.04. The first kappa shape index (κ1) is 6.17. The van der Waals surface area contributed by atoms with Crippen LogP contribution >= 0.6 is 0 Å². The van der Waals surface area contributed by atoms with Crippen molar-refractivity contribution in [2.75, 3.05) is 0 Å². The zero-order valence-electron chi connectivity index (χ0n) is 5.96. The molecule has 10 heavy (non-hydrogen) atoms. The van der Waals surface area contributed by atoms with Gasteiger partial charge in [0.25, 0.3) is 0 Å². The van der Waals surface area contributed by atoms with Crippen molar-refractivity contribution in [3.05, 3.63) is 23.8 Å². The SMILES string of the molecule is O[C@@H]1C=C2C=CCC[C@H]2C1.